The molecule has 1 fully saturated rings. The molecule has 104 valence electrons. The highest BCUT2D eigenvalue weighted by Crippen LogP contribution is 2.30. The SMILES string of the molecule is CC1C(N)CCCC1C(=O)N(CC(N)=O)C(C)C. The Morgan fingerprint density at radius 1 is 1.33 bits per heavy atom. The van der Waals surface area contributed by atoms with Crippen molar-refractivity contribution in [3.8, 4) is 0 Å². The van der Waals surface area contributed by atoms with Gasteiger partial charge < -0.3 is 16.4 Å². The third-order valence-electron chi connectivity index (χ3n) is 3.91. The summed E-state index contributed by atoms with van der Waals surface area (Å²) in [5.41, 5.74) is 11.2. The molecule has 2 amide bonds. The van der Waals surface area contributed by atoms with Gasteiger partial charge in [0.15, 0.2) is 0 Å². The van der Waals surface area contributed by atoms with E-state index in [2.05, 4.69) is 0 Å². The van der Waals surface area contributed by atoms with E-state index in [1.807, 2.05) is 20.8 Å². The van der Waals surface area contributed by atoms with E-state index in [4.69, 9.17) is 11.5 Å². The van der Waals surface area contributed by atoms with Crippen LogP contribution in [0, 0.1) is 11.8 Å². The summed E-state index contributed by atoms with van der Waals surface area (Å²) < 4.78 is 0. The summed E-state index contributed by atoms with van der Waals surface area (Å²) in [6, 6.07) is 0.0608. The van der Waals surface area contributed by atoms with Crippen molar-refractivity contribution < 1.29 is 9.59 Å². The van der Waals surface area contributed by atoms with Crippen molar-refractivity contribution in [2.45, 2.75) is 52.1 Å². The largest absolute Gasteiger partial charge is 0.368 e. The van der Waals surface area contributed by atoms with Gasteiger partial charge in [-0.2, -0.15) is 0 Å². The predicted octanol–water partition coefficient (Wildman–Crippen LogP) is 0.472. The van der Waals surface area contributed by atoms with Crippen LogP contribution in [-0.2, 0) is 9.59 Å². The van der Waals surface area contributed by atoms with Crippen LogP contribution in [0.2, 0.25) is 0 Å². The molecule has 5 nitrogen and oxygen atoms in total. The molecule has 3 unspecified atom stereocenters. The summed E-state index contributed by atoms with van der Waals surface area (Å²) in [6.45, 7) is 5.81. The van der Waals surface area contributed by atoms with E-state index in [-0.39, 0.29) is 36.4 Å². The Balaban J connectivity index is 2.78. The molecule has 18 heavy (non-hydrogen) atoms. The number of carbonyl (C=O) groups excluding carboxylic acids is 2. The van der Waals surface area contributed by atoms with Crippen molar-refractivity contribution >= 4 is 11.8 Å². The number of nitrogens with two attached hydrogens (primary N) is 2. The maximum atomic E-state index is 12.5. The van der Waals surface area contributed by atoms with E-state index in [9.17, 15) is 9.59 Å². The fraction of sp³-hybridized carbons (Fsp3) is 0.846. The van der Waals surface area contributed by atoms with Crippen LogP contribution in [0.25, 0.3) is 0 Å². The van der Waals surface area contributed by atoms with Crippen LogP contribution < -0.4 is 11.5 Å². The van der Waals surface area contributed by atoms with Gasteiger partial charge in [0.25, 0.3) is 0 Å². The van der Waals surface area contributed by atoms with Gasteiger partial charge in [0, 0.05) is 18.0 Å². The number of primary amides is 1. The van der Waals surface area contributed by atoms with Gasteiger partial charge in [-0.1, -0.05) is 13.3 Å². The molecule has 0 bridgehead atoms. The molecule has 1 saturated carbocycles. The molecule has 3 atom stereocenters. The molecule has 0 aliphatic heterocycles. The Labute approximate surface area is 109 Å². The highest BCUT2D eigenvalue weighted by atomic mass is 16.2. The van der Waals surface area contributed by atoms with Crippen LogP contribution in [-0.4, -0.2) is 35.3 Å². The fourth-order valence-electron chi connectivity index (χ4n) is 2.64. The lowest BCUT2D eigenvalue weighted by Gasteiger charge is -2.37. The normalized spacial score (nSPS) is 28.2. The molecule has 1 aliphatic rings. The minimum Gasteiger partial charge on any atom is -0.368 e. The third-order valence-corrected chi connectivity index (χ3v) is 3.91. The quantitative estimate of drug-likeness (QED) is 0.765. The van der Waals surface area contributed by atoms with Crippen molar-refractivity contribution in [3.63, 3.8) is 0 Å². The number of carbonyl (C=O) groups is 2. The van der Waals surface area contributed by atoms with Crippen LogP contribution in [0.15, 0.2) is 0 Å². The Bertz CT molecular complexity index is 317. The van der Waals surface area contributed by atoms with Crippen LogP contribution in [0.3, 0.4) is 0 Å². The van der Waals surface area contributed by atoms with E-state index in [0.717, 1.165) is 19.3 Å². The maximum absolute atomic E-state index is 12.5. The summed E-state index contributed by atoms with van der Waals surface area (Å²) in [5, 5.41) is 0. The van der Waals surface area contributed by atoms with Crippen LogP contribution in [0.1, 0.15) is 40.0 Å². The summed E-state index contributed by atoms with van der Waals surface area (Å²) in [5.74, 6) is -0.355. The first kappa shape index (κ1) is 15.0. The molecule has 0 aromatic heterocycles. The molecule has 0 spiro atoms. The number of hydrogen-bond acceptors (Lipinski definition) is 3. The topological polar surface area (TPSA) is 89.4 Å². The second kappa shape index (κ2) is 6.18. The van der Waals surface area contributed by atoms with Gasteiger partial charge in [0.2, 0.25) is 11.8 Å². The molecule has 4 N–H and O–H groups in total. The van der Waals surface area contributed by atoms with Crippen molar-refractivity contribution in [3.05, 3.63) is 0 Å². The van der Waals surface area contributed by atoms with E-state index < -0.39 is 5.91 Å². The highest BCUT2D eigenvalue weighted by Gasteiger charge is 2.36. The zero-order chi connectivity index (χ0) is 13.9. The molecule has 1 aliphatic carbocycles. The van der Waals surface area contributed by atoms with Crippen LogP contribution in [0.4, 0.5) is 0 Å². The van der Waals surface area contributed by atoms with Gasteiger partial charge >= 0.3 is 0 Å². The lowest BCUT2D eigenvalue weighted by Crippen LogP contribution is -2.50. The summed E-state index contributed by atoms with van der Waals surface area (Å²) in [6.07, 6.45) is 2.81. The van der Waals surface area contributed by atoms with Gasteiger partial charge in [-0.15, -0.1) is 0 Å². The Morgan fingerprint density at radius 2 is 1.94 bits per heavy atom. The number of rotatable bonds is 4. The number of nitrogens with zero attached hydrogens (tertiary/aromatic N) is 1. The molecule has 5 heteroatoms. The van der Waals surface area contributed by atoms with E-state index in [1.165, 1.54) is 0 Å². The van der Waals surface area contributed by atoms with E-state index in [1.54, 1.807) is 4.90 Å². The third kappa shape index (κ3) is 3.45. The summed E-state index contributed by atoms with van der Waals surface area (Å²) in [7, 11) is 0. The number of amides is 2. The van der Waals surface area contributed by atoms with Gasteiger partial charge in [-0.3, -0.25) is 9.59 Å². The molecular formula is C13H25N3O2. The molecule has 0 heterocycles. The minimum absolute atomic E-state index is 0.00500. The lowest BCUT2D eigenvalue weighted by molar-refractivity contribution is -0.143. The molecule has 1 rings (SSSR count). The Morgan fingerprint density at radius 3 is 2.44 bits per heavy atom. The fourth-order valence-corrected chi connectivity index (χ4v) is 2.64. The minimum atomic E-state index is -0.468. The van der Waals surface area contributed by atoms with Gasteiger partial charge in [-0.05, 0) is 32.6 Å². The zero-order valence-corrected chi connectivity index (χ0v) is 11.6. The molecule has 0 radical (unpaired) electrons. The second-order valence-electron chi connectivity index (χ2n) is 5.59. The van der Waals surface area contributed by atoms with Gasteiger partial charge in [0.05, 0.1) is 6.54 Å². The molecular weight excluding hydrogens is 230 g/mol. The first-order valence-corrected chi connectivity index (χ1v) is 6.69. The maximum Gasteiger partial charge on any atom is 0.237 e. The average molecular weight is 255 g/mol. The van der Waals surface area contributed by atoms with Crippen LogP contribution in [0.5, 0.6) is 0 Å². The van der Waals surface area contributed by atoms with Crippen molar-refractivity contribution in [2.75, 3.05) is 6.54 Å². The Kier molecular flexibility index (Phi) is 5.14. The first-order valence-electron chi connectivity index (χ1n) is 6.69. The average Bonchev–Trinajstić information content (AvgIpc) is 2.28. The van der Waals surface area contributed by atoms with Gasteiger partial charge in [0.1, 0.15) is 0 Å². The zero-order valence-electron chi connectivity index (χ0n) is 11.6. The monoisotopic (exact) mass is 255 g/mol. The second-order valence-corrected chi connectivity index (χ2v) is 5.59. The molecule has 0 aromatic rings. The standard InChI is InChI=1S/C13H25N3O2/c1-8(2)16(7-12(15)17)13(18)10-5-4-6-11(14)9(10)3/h8-11H,4-7,14H2,1-3H3,(H2,15,17). The van der Waals surface area contributed by atoms with E-state index in [0.29, 0.717) is 0 Å². The molecule has 0 saturated heterocycles. The smallest absolute Gasteiger partial charge is 0.237 e. The first-order chi connectivity index (χ1) is 8.34. The highest BCUT2D eigenvalue weighted by molar-refractivity contribution is 5.85. The lowest BCUT2D eigenvalue weighted by atomic mass is 9.76. The van der Waals surface area contributed by atoms with Gasteiger partial charge in [-0.25, -0.2) is 0 Å². The van der Waals surface area contributed by atoms with Crippen molar-refractivity contribution in [2.24, 2.45) is 23.3 Å². The van der Waals surface area contributed by atoms with Crippen LogP contribution >= 0.6 is 0 Å². The van der Waals surface area contributed by atoms with Crippen molar-refractivity contribution in [1.29, 1.82) is 0 Å². The van der Waals surface area contributed by atoms with Crippen molar-refractivity contribution in [1.82, 2.24) is 4.90 Å². The summed E-state index contributed by atoms with van der Waals surface area (Å²) >= 11 is 0. The number of hydrogen-bond donors (Lipinski definition) is 2. The summed E-state index contributed by atoms with van der Waals surface area (Å²) in [4.78, 5) is 25.1. The molecule has 0 aromatic carbocycles. The van der Waals surface area contributed by atoms with E-state index >= 15 is 0 Å². The predicted molar refractivity (Wildman–Crippen MR) is 70.5 cm³/mol. The Hall–Kier alpha value is -1.10.